The van der Waals surface area contributed by atoms with Gasteiger partial charge in [-0.15, -0.1) is 0 Å². The highest BCUT2D eigenvalue weighted by Gasteiger charge is 2.22. The highest BCUT2D eigenvalue weighted by atomic mass is 16.5. The van der Waals surface area contributed by atoms with Crippen molar-refractivity contribution in [2.24, 2.45) is 5.73 Å². The van der Waals surface area contributed by atoms with E-state index < -0.39 is 0 Å². The molecule has 0 aliphatic rings. The maximum atomic E-state index is 5.96. The minimum absolute atomic E-state index is 0.00809. The summed E-state index contributed by atoms with van der Waals surface area (Å²) in [5.41, 5.74) is 7.95. The molecule has 2 N–H and O–H groups in total. The van der Waals surface area contributed by atoms with E-state index in [0.29, 0.717) is 13.2 Å². The predicted octanol–water partition coefficient (Wildman–Crippen LogP) is 2.17. The molecule has 0 spiro atoms. The molecule has 0 radical (unpaired) electrons. The standard InChI is InChI=1S/C14H24N2O/c1-11-7-6-8-12(9-15)13(11)17-10-14(2,3)16(4)5/h6-8H,9-10,15H2,1-5H3. The molecule has 0 unspecified atom stereocenters. The number of ether oxygens (including phenoxy) is 1. The second-order valence-corrected chi connectivity index (χ2v) is 5.26. The Labute approximate surface area is 105 Å². The van der Waals surface area contributed by atoms with E-state index in [1.54, 1.807) is 0 Å². The van der Waals surface area contributed by atoms with Crippen molar-refractivity contribution < 1.29 is 4.74 Å². The summed E-state index contributed by atoms with van der Waals surface area (Å²) in [5, 5.41) is 0. The molecule has 3 nitrogen and oxygen atoms in total. The van der Waals surface area contributed by atoms with Crippen molar-refractivity contribution in [2.45, 2.75) is 32.9 Å². The van der Waals surface area contributed by atoms with E-state index in [1.807, 2.05) is 12.1 Å². The first kappa shape index (κ1) is 14.0. The van der Waals surface area contributed by atoms with Crippen molar-refractivity contribution in [2.75, 3.05) is 20.7 Å². The number of likely N-dealkylation sites (N-methyl/N-ethyl adjacent to an activating group) is 1. The fraction of sp³-hybridized carbons (Fsp3) is 0.571. The van der Waals surface area contributed by atoms with Crippen LogP contribution >= 0.6 is 0 Å². The summed E-state index contributed by atoms with van der Waals surface area (Å²) in [5.74, 6) is 0.935. The second kappa shape index (κ2) is 5.52. The maximum absolute atomic E-state index is 5.96. The average Bonchev–Trinajstić information content (AvgIpc) is 2.26. The Morgan fingerprint density at radius 3 is 2.47 bits per heavy atom. The number of nitrogens with zero attached hydrogens (tertiary/aromatic N) is 1. The Morgan fingerprint density at radius 2 is 1.94 bits per heavy atom. The van der Waals surface area contributed by atoms with Crippen LogP contribution < -0.4 is 10.5 Å². The van der Waals surface area contributed by atoms with Gasteiger partial charge in [0.05, 0.1) is 0 Å². The molecule has 96 valence electrons. The second-order valence-electron chi connectivity index (χ2n) is 5.26. The maximum Gasteiger partial charge on any atom is 0.126 e. The van der Waals surface area contributed by atoms with E-state index in [-0.39, 0.29) is 5.54 Å². The number of hydrogen-bond acceptors (Lipinski definition) is 3. The average molecular weight is 236 g/mol. The third-order valence-electron chi connectivity index (χ3n) is 3.29. The van der Waals surface area contributed by atoms with Crippen LogP contribution in [0, 0.1) is 6.92 Å². The molecule has 1 aromatic carbocycles. The SMILES string of the molecule is Cc1cccc(CN)c1OCC(C)(C)N(C)C. The summed E-state index contributed by atoms with van der Waals surface area (Å²) in [7, 11) is 4.12. The third-order valence-corrected chi connectivity index (χ3v) is 3.29. The van der Waals surface area contributed by atoms with Gasteiger partial charge in [-0.3, -0.25) is 0 Å². The molecule has 3 heteroatoms. The van der Waals surface area contributed by atoms with Gasteiger partial charge in [-0.05, 0) is 40.4 Å². The largest absolute Gasteiger partial charge is 0.491 e. The third kappa shape index (κ3) is 3.45. The minimum atomic E-state index is 0.00809. The number of nitrogens with two attached hydrogens (primary N) is 1. The van der Waals surface area contributed by atoms with Crippen molar-refractivity contribution in [1.29, 1.82) is 0 Å². The van der Waals surface area contributed by atoms with E-state index in [4.69, 9.17) is 10.5 Å². The molecule has 0 aromatic heterocycles. The topological polar surface area (TPSA) is 38.5 Å². The van der Waals surface area contributed by atoms with Crippen LogP contribution in [0.25, 0.3) is 0 Å². The van der Waals surface area contributed by atoms with E-state index in [0.717, 1.165) is 16.9 Å². The van der Waals surface area contributed by atoms with E-state index in [1.165, 1.54) is 0 Å². The van der Waals surface area contributed by atoms with Crippen molar-refractivity contribution in [3.05, 3.63) is 29.3 Å². The van der Waals surface area contributed by atoms with Gasteiger partial charge in [0.25, 0.3) is 0 Å². The van der Waals surface area contributed by atoms with Crippen molar-refractivity contribution >= 4 is 0 Å². The molecule has 0 saturated carbocycles. The molecule has 1 rings (SSSR count). The van der Waals surface area contributed by atoms with E-state index >= 15 is 0 Å². The Bertz CT molecular complexity index is 372. The van der Waals surface area contributed by atoms with Crippen LogP contribution in [0.3, 0.4) is 0 Å². The molecule has 0 heterocycles. The zero-order chi connectivity index (χ0) is 13.1. The van der Waals surface area contributed by atoms with E-state index in [9.17, 15) is 0 Å². The molecule has 0 atom stereocenters. The molecule has 0 bridgehead atoms. The lowest BCUT2D eigenvalue weighted by Crippen LogP contribution is -2.43. The first-order valence-electron chi connectivity index (χ1n) is 5.97. The van der Waals surface area contributed by atoms with Gasteiger partial charge in [0.15, 0.2) is 0 Å². The van der Waals surface area contributed by atoms with Crippen LogP contribution in [0.4, 0.5) is 0 Å². The molecular weight excluding hydrogens is 212 g/mol. The highest BCUT2D eigenvalue weighted by molar-refractivity contribution is 5.40. The monoisotopic (exact) mass is 236 g/mol. The molecule has 0 aliphatic carbocycles. The van der Waals surface area contributed by atoms with Crippen molar-refractivity contribution in [3.8, 4) is 5.75 Å². The Morgan fingerprint density at radius 1 is 1.29 bits per heavy atom. The van der Waals surface area contributed by atoms with Crippen LogP contribution in [-0.4, -0.2) is 31.1 Å². The predicted molar refractivity (Wildman–Crippen MR) is 72.3 cm³/mol. The Kier molecular flexibility index (Phi) is 4.54. The molecular formula is C14H24N2O. The summed E-state index contributed by atoms with van der Waals surface area (Å²) in [6.07, 6.45) is 0. The lowest BCUT2D eigenvalue weighted by molar-refractivity contribution is 0.113. The van der Waals surface area contributed by atoms with Gasteiger partial charge in [-0.1, -0.05) is 18.2 Å². The number of benzene rings is 1. The van der Waals surface area contributed by atoms with E-state index in [2.05, 4.69) is 45.8 Å². The van der Waals surface area contributed by atoms with Crippen LogP contribution in [0.2, 0.25) is 0 Å². The summed E-state index contributed by atoms with van der Waals surface area (Å²) in [4.78, 5) is 2.16. The van der Waals surface area contributed by atoms with Crippen LogP contribution in [0.5, 0.6) is 5.75 Å². The molecule has 17 heavy (non-hydrogen) atoms. The Hall–Kier alpha value is -1.06. The molecule has 1 aromatic rings. The first-order valence-corrected chi connectivity index (χ1v) is 5.97. The zero-order valence-electron chi connectivity index (χ0n) is 11.6. The fourth-order valence-electron chi connectivity index (χ4n) is 1.46. The highest BCUT2D eigenvalue weighted by Crippen LogP contribution is 2.24. The first-order chi connectivity index (χ1) is 7.88. The Balaban J connectivity index is 2.82. The molecule has 0 saturated heterocycles. The molecule has 0 amide bonds. The zero-order valence-corrected chi connectivity index (χ0v) is 11.6. The summed E-state index contributed by atoms with van der Waals surface area (Å²) >= 11 is 0. The lowest BCUT2D eigenvalue weighted by atomic mass is 10.1. The molecule has 0 aliphatic heterocycles. The smallest absolute Gasteiger partial charge is 0.126 e. The minimum Gasteiger partial charge on any atom is -0.491 e. The van der Waals surface area contributed by atoms with Gasteiger partial charge in [-0.25, -0.2) is 0 Å². The van der Waals surface area contributed by atoms with Gasteiger partial charge in [0.1, 0.15) is 12.4 Å². The number of para-hydroxylation sites is 1. The molecule has 0 fully saturated rings. The van der Waals surface area contributed by atoms with Gasteiger partial charge in [-0.2, -0.15) is 0 Å². The summed E-state index contributed by atoms with van der Waals surface area (Å²) in [6.45, 7) is 7.54. The quantitative estimate of drug-likeness (QED) is 0.851. The van der Waals surface area contributed by atoms with Crippen LogP contribution in [-0.2, 0) is 6.54 Å². The van der Waals surface area contributed by atoms with Crippen LogP contribution in [0.15, 0.2) is 18.2 Å². The van der Waals surface area contributed by atoms with Crippen LogP contribution in [0.1, 0.15) is 25.0 Å². The van der Waals surface area contributed by atoms with Gasteiger partial charge in [0, 0.05) is 17.6 Å². The van der Waals surface area contributed by atoms with Gasteiger partial charge < -0.3 is 15.4 Å². The fourth-order valence-corrected chi connectivity index (χ4v) is 1.46. The summed E-state index contributed by atoms with van der Waals surface area (Å²) in [6, 6.07) is 6.09. The van der Waals surface area contributed by atoms with Gasteiger partial charge in [0.2, 0.25) is 0 Å². The van der Waals surface area contributed by atoms with Crippen molar-refractivity contribution in [1.82, 2.24) is 4.90 Å². The normalized spacial score (nSPS) is 11.9. The number of rotatable bonds is 5. The summed E-state index contributed by atoms with van der Waals surface area (Å²) < 4.78 is 5.96. The van der Waals surface area contributed by atoms with Crippen molar-refractivity contribution in [3.63, 3.8) is 0 Å². The number of aryl methyl sites for hydroxylation is 1. The number of hydrogen-bond donors (Lipinski definition) is 1. The van der Waals surface area contributed by atoms with Gasteiger partial charge >= 0.3 is 0 Å². The lowest BCUT2D eigenvalue weighted by Gasteiger charge is -2.32.